The Bertz CT molecular complexity index is 786. The standard InChI is InChI=1S/C22H29N3O3/c1-4-13-25(14-5-2)22(27)17-9-8-10-18(15-17)24-21(26)16-23-19-11-6-7-12-20(19)28-3/h6-12,15,23H,4-5,13-14,16H2,1-3H3,(H,24,26). The van der Waals surface area contributed by atoms with Gasteiger partial charge in [-0.05, 0) is 43.2 Å². The number of hydrogen-bond acceptors (Lipinski definition) is 4. The van der Waals surface area contributed by atoms with Gasteiger partial charge in [0.2, 0.25) is 5.91 Å². The second kappa shape index (κ2) is 11.0. The molecule has 6 nitrogen and oxygen atoms in total. The number of hydrogen-bond donors (Lipinski definition) is 2. The molecule has 150 valence electrons. The van der Waals surface area contributed by atoms with Crippen molar-refractivity contribution >= 4 is 23.2 Å². The second-order valence-corrected chi connectivity index (χ2v) is 6.48. The van der Waals surface area contributed by atoms with Crippen LogP contribution in [0.3, 0.4) is 0 Å². The van der Waals surface area contributed by atoms with Crippen molar-refractivity contribution in [3.8, 4) is 5.75 Å². The summed E-state index contributed by atoms with van der Waals surface area (Å²) in [5.41, 5.74) is 1.93. The lowest BCUT2D eigenvalue weighted by molar-refractivity contribution is -0.114. The van der Waals surface area contributed by atoms with Crippen molar-refractivity contribution in [1.82, 2.24) is 4.90 Å². The molecule has 0 aliphatic rings. The minimum atomic E-state index is -0.200. The predicted molar refractivity (Wildman–Crippen MR) is 113 cm³/mol. The van der Waals surface area contributed by atoms with Gasteiger partial charge in [0.25, 0.3) is 5.91 Å². The van der Waals surface area contributed by atoms with Gasteiger partial charge in [0.05, 0.1) is 19.3 Å². The molecule has 0 bridgehead atoms. The zero-order chi connectivity index (χ0) is 20.4. The molecule has 0 aliphatic heterocycles. The molecule has 2 N–H and O–H groups in total. The molecule has 2 rings (SSSR count). The van der Waals surface area contributed by atoms with Gasteiger partial charge in [0.15, 0.2) is 0 Å². The Kier molecular flexibility index (Phi) is 8.34. The molecule has 0 heterocycles. The molecular formula is C22H29N3O3. The van der Waals surface area contributed by atoms with Crippen molar-refractivity contribution < 1.29 is 14.3 Å². The molecule has 0 saturated carbocycles. The maximum atomic E-state index is 12.7. The van der Waals surface area contributed by atoms with Crippen LogP contribution in [0.4, 0.5) is 11.4 Å². The van der Waals surface area contributed by atoms with E-state index in [1.165, 1.54) is 0 Å². The maximum absolute atomic E-state index is 12.7. The lowest BCUT2D eigenvalue weighted by Gasteiger charge is -2.21. The first-order valence-electron chi connectivity index (χ1n) is 9.65. The monoisotopic (exact) mass is 383 g/mol. The van der Waals surface area contributed by atoms with Crippen LogP contribution < -0.4 is 15.4 Å². The van der Waals surface area contributed by atoms with Crippen LogP contribution in [-0.4, -0.2) is 43.5 Å². The maximum Gasteiger partial charge on any atom is 0.253 e. The number of anilines is 2. The Hall–Kier alpha value is -3.02. The zero-order valence-electron chi connectivity index (χ0n) is 16.8. The van der Waals surface area contributed by atoms with Crippen LogP contribution in [0.2, 0.25) is 0 Å². The molecule has 0 saturated heterocycles. The number of para-hydroxylation sites is 2. The first-order valence-corrected chi connectivity index (χ1v) is 9.65. The highest BCUT2D eigenvalue weighted by Gasteiger charge is 2.15. The van der Waals surface area contributed by atoms with Gasteiger partial charge < -0.3 is 20.3 Å². The number of rotatable bonds is 10. The summed E-state index contributed by atoms with van der Waals surface area (Å²) in [4.78, 5) is 26.9. The van der Waals surface area contributed by atoms with E-state index in [9.17, 15) is 9.59 Å². The Labute approximate surface area is 166 Å². The van der Waals surface area contributed by atoms with E-state index in [0.717, 1.165) is 31.6 Å². The SMILES string of the molecule is CCCN(CCC)C(=O)c1cccc(NC(=O)CNc2ccccc2OC)c1. The van der Waals surface area contributed by atoms with E-state index in [1.807, 2.05) is 29.2 Å². The summed E-state index contributed by atoms with van der Waals surface area (Å²) in [6, 6.07) is 14.5. The fourth-order valence-corrected chi connectivity index (χ4v) is 2.94. The lowest BCUT2D eigenvalue weighted by atomic mass is 10.1. The van der Waals surface area contributed by atoms with E-state index in [1.54, 1.807) is 31.4 Å². The van der Waals surface area contributed by atoms with Crippen LogP contribution in [0.1, 0.15) is 37.0 Å². The lowest BCUT2D eigenvalue weighted by Crippen LogP contribution is -2.32. The molecule has 2 aromatic carbocycles. The van der Waals surface area contributed by atoms with Crippen LogP contribution in [0.5, 0.6) is 5.75 Å². The number of methoxy groups -OCH3 is 1. The summed E-state index contributed by atoms with van der Waals surface area (Å²) < 4.78 is 5.26. The Morgan fingerprint density at radius 2 is 1.71 bits per heavy atom. The average Bonchev–Trinajstić information content (AvgIpc) is 2.72. The van der Waals surface area contributed by atoms with Crippen LogP contribution in [-0.2, 0) is 4.79 Å². The molecular weight excluding hydrogens is 354 g/mol. The van der Waals surface area contributed by atoms with Gasteiger partial charge >= 0.3 is 0 Å². The predicted octanol–water partition coefficient (Wildman–Crippen LogP) is 4.01. The van der Waals surface area contributed by atoms with Gasteiger partial charge in [-0.15, -0.1) is 0 Å². The van der Waals surface area contributed by atoms with Crippen LogP contribution in [0, 0.1) is 0 Å². The first-order chi connectivity index (χ1) is 13.6. The van der Waals surface area contributed by atoms with Gasteiger partial charge in [-0.1, -0.05) is 32.0 Å². The van der Waals surface area contributed by atoms with Gasteiger partial charge in [-0.3, -0.25) is 9.59 Å². The van der Waals surface area contributed by atoms with E-state index in [2.05, 4.69) is 24.5 Å². The number of nitrogens with zero attached hydrogens (tertiary/aromatic N) is 1. The fraction of sp³-hybridized carbons (Fsp3) is 0.364. The van der Waals surface area contributed by atoms with E-state index >= 15 is 0 Å². The molecule has 0 spiro atoms. The van der Waals surface area contributed by atoms with Gasteiger partial charge in [0, 0.05) is 24.3 Å². The highest BCUT2D eigenvalue weighted by molar-refractivity contribution is 5.98. The minimum Gasteiger partial charge on any atom is -0.495 e. The summed E-state index contributed by atoms with van der Waals surface area (Å²) in [6.45, 7) is 5.66. The number of carbonyl (C=O) groups excluding carboxylic acids is 2. The van der Waals surface area contributed by atoms with Crippen molar-refractivity contribution in [1.29, 1.82) is 0 Å². The fourth-order valence-electron chi connectivity index (χ4n) is 2.94. The number of carbonyl (C=O) groups is 2. The third kappa shape index (κ3) is 6.01. The van der Waals surface area contributed by atoms with E-state index < -0.39 is 0 Å². The minimum absolute atomic E-state index is 0.00746. The Balaban J connectivity index is 1.99. The molecule has 2 aromatic rings. The normalized spacial score (nSPS) is 10.2. The first kappa shape index (κ1) is 21.3. The van der Waals surface area contributed by atoms with Crippen molar-refractivity contribution in [2.45, 2.75) is 26.7 Å². The van der Waals surface area contributed by atoms with Crippen LogP contribution in [0.25, 0.3) is 0 Å². The number of nitrogens with one attached hydrogen (secondary N) is 2. The van der Waals surface area contributed by atoms with E-state index in [-0.39, 0.29) is 18.4 Å². The molecule has 0 fully saturated rings. The molecule has 6 heteroatoms. The van der Waals surface area contributed by atoms with Crippen LogP contribution in [0.15, 0.2) is 48.5 Å². The summed E-state index contributed by atoms with van der Waals surface area (Å²) in [5.74, 6) is 0.469. The quantitative estimate of drug-likeness (QED) is 0.650. The molecule has 28 heavy (non-hydrogen) atoms. The van der Waals surface area contributed by atoms with E-state index in [4.69, 9.17) is 4.74 Å². The van der Waals surface area contributed by atoms with Crippen molar-refractivity contribution in [3.05, 3.63) is 54.1 Å². The van der Waals surface area contributed by atoms with Crippen molar-refractivity contribution in [2.75, 3.05) is 37.4 Å². The number of amides is 2. The highest BCUT2D eigenvalue weighted by atomic mass is 16.5. The zero-order valence-corrected chi connectivity index (χ0v) is 16.8. The van der Waals surface area contributed by atoms with Crippen molar-refractivity contribution in [3.63, 3.8) is 0 Å². The average molecular weight is 383 g/mol. The Morgan fingerprint density at radius 1 is 1.00 bits per heavy atom. The summed E-state index contributed by atoms with van der Waals surface area (Å²) in [5, 5.41) is 5.90. The Morgan fingerprint density at radius 3 is 2.39 bits per heavy atom. The molecule has 0 aliphatic carbocycles. The summed E-state index contributed by atoms with van der Waals surface area (Å²) in [6.07, 6.45) is 1.83. The van der Waals surface area contributed by atoms with Gasteiger partial charge in [0.1, 0.15) is 5.75 Å². The van der Waals surface area contributed by atoms with Gasteiger partial charge in [-0.25, -0.2) is 0 Å². The molecule has 2 amide bonds. The molecule has 0 aromatic heterocycles. The summed E-state index contributed by atoms with van der Waals surface area (Å²) in [7, 11) is 1.59. The molecule has 0 radical (unpaired) electrons. The van der Waals surface area contributed by atoms with Crippen LogP contribution >= 0.6 is 0 Å². The summed E-state index contributed by atoms with van der Waals surface area (Å²) >= 11 is 0. The van der Waals surface area contributed by atoms with Gasteiger partial charge in [-0.2, -0.15) is 0 Å². The second-order valence-electron chi connectivity index (χ2n) is 6.48. The largest absolute Gasteiger partial charge is 0.495 e. The van der Waals surface area contributed by atoms with Crippen molar-refractivity contribution in [2.24, 2.45) is 0 Å². The molecule has 0 unspecified atom stereocenters. The number of ether oxygens (including phenoxy) is 1. The third-order valence-electron chi connectivity index (χ3n) is 4.21. The highest BCUT2D eigenvalue weighted by Crippen LogP contribution is 2.22. The smallest absolute Gasteiger partial charge is 0.253 e. The molecule has 0 atom stereocenters. The third-order valence-corrected chi connectivity index (χ3v) is 4.21. The number of benzene rings is 2. The van der Waals surface area contributed by atoms with E-state index in [0.29, 0.717) is 17.0 Å². The topological polar surface area (TPSA) is 70.7 Å².